The van der Waals surface area contributed by atoms with E-state index in [1.807, 2.05) is 12.1 Å². The molecule has 2 aromatic rings. The maximum atomic E-state index is 11.2. The first-order chi connectivity index (χ1) is 8.56. The standard InChI is InChI=1S/C12H13N3O2S/c1-12(4-5-12)15-18-7-2-3-8-9(6-7)14-11(17)10(16)13-8/h2-3,6,15H,4-5H2,1H3,(H,13,16)(H,14,17). The van der Waals surface area contributed by atoms with E-state index in [9.17, 15) is 9.59 Å². The molecule has 1 heterocycles. The third-order valence-electron chi connectivity index (χ3n) is 3.11. The van der Waals surface area contributed by atoms with E-state index in [1.54, 1.807) is 18.0 Å². The second-order valence-electron chi connectivity index (χ2n) is 4.88. The Morgan fingerprint density at radius 2 is 1.83 bits per heavy atom. The van der Waals surface area contributed by atoms with Gasteiger partial charge in [0.2, 0.25) is 0 Å². The van der Waals surface area contributed by atoms with E-state index < -0.39 is 11.1 Å². The second-order valence-corrected chi connectivity index (χ2v) is 5.76. The largest absolute Gasteiger partial charge is 0.316 e. The molecule has 0 atom stereocenters. The number of benzene rings is 1. The number of aromatic nitrogens is 2. The maximum Gasteiger partial charge on any atom is 0.314 e. The van der Waals surface area contributed by atoms with Gasteiger partial charge in [0.05, 0.1) is 11.0 Å². The monoisotopic (exact) mass is 263 g/mol. The van der Waals surface area contributed by atoms with Crippen molar-refractivity contribution in [3.8, 4) is 0 Å². The van der Waals surface area contributed by atoms with Crippen molar-refractivity contribution in [2.24, 2.45) is 0 Å². The minimum Gasteiger partial charge on any atom is -0.316 e. The minimum atomic E-state index is -0.619. The molecule has 94 valence electrons. The van der Waals surface area contributed by atoms with Crippen LogP contribution in [0.25, 0.3) is 11.0 Å². The lowest BCUT2D eigenvalue weighted by Crippen LogP contribution is -2.28. The summed E-state index contributed by atoms with van der Waals surface area (Å²) < 4.78 is 3.39. The normalized spacial score (nSPS) is 16.9. The van der Waals surface area contributed by atoms with Gasteiger partial charge in [-0.15, -0.1) is 0 Å². The third-order valence-corrected chi connectivity index (χ3v) is 4.19. The van der Waals surface area contributed by atoms with Crippen LogP contribution in [0.5, 0.6) is 0 Å². The fraction of sp³-hybridized carbons (Fsp3) is 0.333. The van der Waals surface area contributed by atoms with Gasteiger partial charge in [-0.2, -0.15) is 0 Å². The zero-order chi connectivity index (χ0) is 12.8. The van der Waals surface area contributed by atoms with Gasteiger partial charge in [0.1, 0.15) is 0 Å². The van der Waals surface area contributed by atoms with Crippen molar-refractivity contribution in [1.82, 2.24) is 14.7 Å². The van der Waals surface area contributed by atoms with Gasteiger partial charge in [-0.25, -0.2) is 0 Å². The van der Waals surface area contributed by atoms with Crippen LogP contribution in [-0.2, 0) is 0 Å². The van der Waals surface area contributed by atoms with Crippen LogP contribution in [-0.4, -0.2) is 15.5 Å². The average molecular weight is 263 g/mol. The number of H-pyrrole nitrogens is 2. The molecule has 1 fully saturated rings. The lowest BCUT2D eigenvalue weighted by Gasteiger charge is -2.10. The molecule has 0 unspecified atom stereocenters. The van der Waals surface area contributed by atoms with E-state index in [-0.39, 0.29) is 5.54 Å². The summed E-state index contributed by atoms with van der Waals surface area (Å²) in [5, 5.41) is 0. The molecule has 0 saturated heterocycles. The van der Waals surface area contributed by atoms with Gasteiger partial charge < -0.3 is 9.97 Å². The predicted octanol–water partition coefficient (Wildman–Crippen LogP) is 1.37. The fourth-order valence-electron chi connectivity index (χ4n) is 1.63. The van der Waals surface area contributed by atoms with Crippen LogP contribution in [0.3, 0.4) is 0 Å². The molecule has 1 aliphatic carbocycles. The van der Waals surface area contributed by atoms with Gasteiger partial charge in [0, 0.05) is 10.4 Å². The van der Waals surface area contributed by atoms with Crippen molar-refractivity contribution in [3.05, 3.63) is 38.9 Å². The molecule has 0 bridgehead atoms. The molecule has 3 rings (SSSR count). The Bertz CT molecular complexity index is 715. The number of nitrogens with one attached hydrogen (secondary N) is 3. The smallest absolute Gasteiger partial charge is 0.314 e. The molecule has 1 saturated carbocycles. The zero-order valence-corrected chi connectivity index (χ0v) is 10.7. The van der Waals surface area contributed by atoms with Crippen LogP contribution >= 0.6 is 11.9 Å². The van der Waals surface area contributed by atoms with Crippen LogP contribution < -0.4 is 15.8 Å². The zero-order valence-electron chi connectivity index (χ0n) is 9.87. The molecule has 3 N–H and O–H groups in total. The van der Waals surface area contributed by atoms with Crippen molar-refractivity contribution in [2.75, 3.05) is 0 Å². The fourth-order valence-corrected chi connectivity index (χ4v) is 2.51. The highest BCUT2D eigenvalue weighted by Gasteiger charge is 2.36. The first kappa shape index (κ1) is 11.6. The molecule has 1 aliphatic rings. The van der Waals surface area contributed by atoms with Crippen LogP contribution in [0, 0.1) is 0 Å². The molecule has 1 aromatic heterocycles. The van der Waals surface area contributed by atoms with Crippen molar-refractivity contribution in [1.29, 1.82) is 0 Å². The van der Waals surface area contributed by atoms with E-state index in [0.717, 1.165) is 4.90 Å². The molecular weight excluding hydrogens is 250 g/mol. The lowest BCUT2D eigenvalue weighted by atomic mass is 10.3. The number of hydrogen-bond donors (Lipinski definition) is 3. The molecule has 5 nitrogen and oxygen atoms in total. The van der Waals surface area contributed by atoms with Crippen LogP contribution in [0.15, 0.2) is 32.7 Å². The summed E-state index contributed by atoms with van der Waals surface area (Å²) in [6.07, 6.45) is 2.38. The highest BCUT2D eigenvalue weighted by molar-refractivity contribution is 7.97. The van der Waals surface area contributed by atoms with E-state index >= 15 is 0 Å². The Hall–Kier alpha value is -1.53. The molecule has 6 heteroatoms. The molecule has 18 heavy (non-hydrogen) atoms. The van der Waals surface area contributed by atoms with Gasteiger partial charge in [-0.3, -0.25) is 14.3 Å². The Balaban J connectivity index is 1.92. The Kier molecular flexibility index (Phi) is 2.57. The first-order valence-corrected chi connectivity index (χ1v) is 6.58. The quantitative estimate of drug-likeness (QED) is 0.577. The predicted molar refractivity (Wildman–Crippen MR) is 71.8 cm³/mol. The van der Waals surface area contributed by atoms with Gasteiger partial charge in [-0.05, 0) is 49.9 Å². The SMILES string of the molecule is CC1(NSc2ccc3[nH]c(=O)c(=O)[nH]c3c2)CC1. The molecule has 0 aliphatic heterocycles. The van der Waals surface area contributed by atoms with Gasteiger partial charge in [0.25, 0.3) is 0 Å². The lowest BCUT2D eigenvalue weighted by molar-refractivity contribution is 0.701. The topological polar surface area (TPSA) is 77.8 Å². The summed E-state index contributed by atoms with van der Waals surface area (Å²) in [7, 11) is 0. The second kappa shape index (κ2) is 4.00. The molecular formula is C12H13N3O2S. The first-order valence-electron chi connectivity index (χ1n) is 5.76. The minimum absolute atomic E-state index is 0.248. The summed E-state index contributed by atoms with van der Waals surface area (Å²) in [6.45, 7) is 2.18. The number of fused-ring (bicyclic) bond motifs is 1. The summed E-state index contributed by atoms with van der Waals surface area (Å²) in [5.41, 5.74) is 0.296. The number of aromatic amines is 2. The van der Waals surface area contributed by atoms with E-state index in [2.05, 4.69) is 21.6 Å². The third kappa shape index (κ3) is 2.21. The molecule has 0 amide bonds. The van der Waals surface area contributed by atoms with Gasteiger partial charge >= 0.3 is 11.1 Å². The van der Waals surface area contributed by atoms with Crippen LogP contribution in [0.4, 0.5) is 0 Å². The molecule has 1 aromatic carbocycles. The summed E-state index contributed by atoms with van der Waals surface area (Å²) in [6, 6.07) is 5.57. The van der Waals surface area contributed by atoms with E-state index in [0.29, 0.717) is 11.0 Å². The van der Waals surface area contributed by atoms with Crippen molar-refractivity contribution >= 4 is 23.0 Å². The van der Waals surface area contributed by atoms with Crippen LogP contribution in [0.2, 0.25) is 0 Å². The van der Waals surface area contributed by atoms with Crippen molar-refractivity contribution in [2.45, 2.75) is 30.2 Å². The molecule has 0 spiro atoms. The Morgan fingerprint density at radius 1 is 1.17 bits per heavy atom. The molecule has 0 radical (unpaired) electrons. The average Bonchev–Trinajstić information content (AvgIpc) is 3.07. The van der Waals surface area contributed by atoms with Crippen molar-refractivity contribution < 1.29 is 0 Å². The summed E-state index contributed by atoms with van der Waals surface area (Å²) in [4.78, 5) is 28.5. The highest BCUT2D eigenvalue weighted by atomic mass is 32.2. The van der Waals surface area contributed by atoms with E-state index in [4.69, 9.17) is 0 Å². The number of hydrogen-bond acceptors (Lipinski definition) is 4. The van der Waals surface area contributed by atoms with E-state index in [1.165, 1.54) is 12.8 Å². The number of rotatable bonds is 3. The Morgan fingerprint density at radius 3 is 2.50 bits per heavy atom. The van der Waals surface area contributed by atoms with Crippen LogP contribution in [0.1, 0.15) is 19.8 Å². The summed E-state index contributed by atoms with van der Waals surface area (Å²) >= 11 is 1.55. The highest BCUT2D eigenvalue weighted by Crippen LogP contribution is 2.37. The maximum absolute atomic E-state index is 11.2. The van der Waals surface area contributed by atoms with Crippen molar-refractivity contribution in [3.63, 3.8) is 0 Å². The van der Waals surface area contributed by atoms with Gasteiger partial charge in [-0.1, -0.05) is 0 Å². The Labute approximate surface area is 107 Å². The summed E-state index contributed by atoms with van der Waals surface area (Å²) in [5.74, 6) is 0. The van der Waals surface area contributed by atoms with Gasteiger partial charge in [0.15, 0.2) is 0 Å².